The van der Waals surface area contributed by atoms with Gasteiger partial charge in [0.25, 0.3) is 0 Å². The SMILES string of the molecule is CCCC1CCN(C(C)(CN)C2CC2)CC1. The Bertz CT molecular complexity index is 217. The van der Waals surface area contributed by atoms with Gasteiger partial charge in [-0.05, 0) is 57.5 Å². The van der Waals surface area contributed by atoms with Gasteiger partial charge >= 0.3 is 0 Å². The Kier molecular flexibility index (Phi) is 3.91. The van der Waals surface area contributed by atoms with Crippen molar-refractivity contribution in [2.24, 2.45) is 17.6 Å². The predicted octanol–water partition coefficient (Wildman–Crippen LogP) is 2.63. The minimum Gasteiger partial charge on any atom is -0.329 e. The van der Waals surface area contributed by atoms with Gasteiger partial charge in [-0.1, -0.05) is 19.8 Å². The van der Waals surface area contributed by atoms with Crippen molar-refractivity contribution in [3.05, 3.63) is 0 Å². The van der Waals surface area contributed by atoms with Gasteiger partial charge in [0.05, 0.1) is 0 Å². The molecular formula is C14H28N2. The average Bonchev–Trinajstić information content (AvgIpc) is 3.14. The lowest BCUT2D eigenvalue weighted by Crippen LogP contribution is -2.55. The molecule has 16 heavy (non-hydrogen) atoms. The number of nitrogens with two attached hydrogens (primary N) is 1. The van der Waals surface area contributed by atoms with E-state index in [1.165, 1.54) is 51.6 Å². The van der Waals surface area contributed by atoms with Crippen LogP contribution in [0.3, 0.4) is 0 Å². The molecule has 0 aromatic heterocycles. The highest BCUT2D eigenvalue weighted by molar-refractivity contribution is 5.01. The molecule has 1 saturated heterocycles. The molecule has 0 aromatic rings. The maximum absolute atomic E-state index is 6.03. The fraction of sp³-hybridized carbons (Fsp3) is 1.00. The first-order valence-electron chi connectivity index (χ1n) is 7.15. The molecule has 2 fully saturated rings. The van der Waals surface area contributed by atoms with Gasteiger partial charge in [0.1, 0.15) is 0 Å². The largest absolute Gasteiger partial charge is 0.329 e. The van der Waals surface area contributed by atoms with Crippen LogP contribution in [-0.2, 0) is 0 Å². The molecule has 2 nitrogen and oxygen atoms in total. The van der Waals surface area contributed by atoms with E-state index in [1.807, 2.05) is 0 Å². The molecule has 0 bridgehead atoms. The van der Waals surface area contributed by atoms with Crippen LogP contribution in [0.15, 0.2) is 0 Å². The molecule has 1 saturated carbocycles. The standard InChI is InChI=1S/C14H28N2/c1-3-4-12-7-9-16(10-8-12)14(2,11-15)13-5-6-13/h12-13H,3-11,15H2,1-2H3. The van der Waals surface area contributed by atoms with Crippen LogP contribution in [-0.4, -0.2) is 30.1 Å². The number of hydrogen-bond acceptors (Lipinski definition) is 2. The molecule has 1 unspecified atom stereocenters. The van der Waals surface area contributed by atoms with Gasteiger partial charge in [0, 0.05) is 12.1 Å². The summed E-state index contributed by atoms with van der Waals surface area (Å²) in [7, 11) is 0. The molecule has 1 heterocycles. The van der Waals surface area contributed by atoms with Gasteiger partial charge in [-0.15, -0.1) is 0 Å². The molecular weight excluding hydrogens is 196 g/mol. The Labute approximate surface area is 101 Å². The summed E-state index contributed by atoms with van der Waals surface area (Å²) >= 11 is 0. The summed E-state index contributed by atoms with van der Waals surface area (Å²) in [5.74, 6) is 1.88. The summed E-state index contributed by atoms with van der Waals surface area (Å²) < 4.78 is 0. The lowest BCUT2D eigenvalue weighted by atomic mass is 9.86. The number of piperidine rings is 1. The molecule has 0 amide bonds. The van der Waals surface area contributed by atoms with E-state index < -0.39 is 0 Å². The van der Waals surface area contributed by atoms with Crippen molar-refractivity contribution >= 4 is 0 Å². The monoisotopic (exact) mass is 224 g/mol. The minimum absolute atomic E-state index is 0.317. The summed E-state index contributed by atoms with van der Waals surface area (Å²) in [4.78, 5) is 2.69. The van der Waals surface area contributed by atoms with E-state index in [4.69, 9.17) is 5.73 Å². The first-order valence-corrected chi connectivity index (χ1v) is 7.15. The van der Waals surface area contributed by atoms with Crippen LogP contribution in [0.4, 0.5) is 0 Å². The van der Waals surface area contributed by atoms with Gasteiger partial charge in [-0.3, -0.25) is 4.90 Å². The third-order valence-electron chi connectivity index (χ3n) is 4.90. The normalized spacial score (nSPS) is 27.9. The lowest BCUT2D eigenvalue weighted by molar-refractivity contribution is 0.0498. The van der Waals surface area contributed by atoms with E-state index in [-0.39, 0.29) is 0 Å². The maximum Gasteiger partial charge on any atom is 0.0331 e. The van der Waals surface area contributed by atoms with Crippen LogP contribution in [0.2, 0.25) is 0 Å². The first-order chi connectivity index (χ1) is 7.70. The van der Waals surface area contributed by atoms with Crippen LogP contribution in [0.25, 0.3) is 0 Å². The van der Waals surface area contributed by atoms with Gasteiger partial charge in [-0.25, -0.2) is 0 Å². The Balaban J connectivity index is 1.87. The van der Waals surface area contributed by atoms with Crippen molar-refractivity contribution in [1.82, 2.24) is 4.90 Å². The second-order valence-electron chi connectivity index (χ2n) is 6.05. The Hall–Kier alpha value is -0.0800. The van der Waals surface area contributed by atoms with E-state index in [2.05, 4.69) is 18.7 Å². The molecule has 0 aromatic carbocycles. The molecule has 2 rings (SSSR count). The van der Waals surface area contributed by atoms with Crippen LogP contribution < -0.4 is 5.73 Å². The molecule has 1 atom stereocenters. The van der Waals surface area contributed by atoms with Crippen molar-refractivity contribution in [3.8, 4) is 0 Å². The molecule has 0 radical (unpaired) electrons. The van der Waals surface area contributed by atoms with Crippen LogP contribution in [0, 0.1) is 11.8 Å². The molecule has 2 heteroatoms. The minimum atomic E-state index is 0.317. The summed E-state index contributed by atoms with van der Waals surface area (Å²) in [6, 6.07) is 0. The third-order valence-corrected chi connectivity index (χ3v) is 4.90. The fourth-order valence-electron chi connectivity index (χ4n) is 3.40. The quantitative estimate of drug-likeness (QED) is 0.778. The Morgan fingerprint density at radius 2 is 1.81 bits per heavy atom. The fourth-order valence-corrected chi connectivity index (χ4v) is 3.40. The van der Waals surface area contributed by atoms with Gasteiger partial charge in [0.2, 0.25) is 0 Å². The van der Waals surface area contributed by atoms with Crippen molar-refractivity contribution in [3.63, 3.8) is 0 Å². The maximum atomic E-state index is 6.03. The highest BCUT2D eigenvalue weighted by Crippen LogP contribution is 2.43. The molecule has 1 aliphatic carbocycles. The number of likely N-dealkylation sites (tertiary alicyclic amines) is 1. The van der Waals surface area contributed by atoms with Crippen molar-refractivity contribution in [2.75, 3.05) is 19.6 Å². The number of hydrogen-bond donors (Lipinski definition) is 1. The van der Waals surface area contributed by atoms with E-state index in [1.54, 1.807) is 0 Å². The zero-order chi connectivity index (χ0) is 11.6. The van der Waals surface area contributed by atoms with Crippen LogP contribution in [0.1, 0.15) is 52.4 Å². The summed E-state index contributed by atoms with van der Waals surface area (Å²) in [6.07, 6.45) is 8.38. The second-order valence-corrected chi connectivity index (χ2v) is 6.05. The number of rotatable bonds is 5. The summed E-state index contributed by atoms with van der Waals surface area (Å²) in [5, 5.41) is 0. The van der Waals surface area contributed by atoms with E-state index in [0.717, 1.165) is 18.4 Å². The summed E-state index contributed by atoms with van der Waals surface area (Å²) in [6.45, 7) is 8.12. The Morgan fingerprint density at radius 3 is 2.25 bits per heavy atom. The smallest absolute Gasteiger partial charge is 0.0331 e. The molecule has 1 aliphatic heterocycles. The van der Waals surface area contributed by atoms with Crippen molar-refractivity contribution in [1.29, 1.82) is 0 Å². The van der Waals surface area contributed by atoms with Gasteiger partial charge in [-0.2, -0.15) is 0 Å². The highest BCUT2D eigenvalue weighted by Gasteiger charge is 2.45. The van der Waals surface area contributed by atoms with Crippen molar-refractivity contribution in [2.45, 2.75) is 57.9 Å². The Morgan fingerprint density at radius 1 is 1.19 bits per heavy atom. The molecule has 0 spiro atoms. The topological polar surface area (TPSA) is 29.3 Å². The van der Waals surface area contributed by atoms with Gasteiger partial charge in [0.15, 0.2) is 0 Å². The van der Waals surface area contributed by atoms with Crippen molar-refractivity contribution < 1.29 is 0 Å². The predicted molar refractivity (Wildman–Crippen MR) is 69.4 cm³/mol. The average molecular weight is 224 g/mol. The number of nitrogens with zero attached hydrogens (tertiary/aromatic N) is 1. The van der Waals surface area contributed by atoms with Crippen LogP contribution >= 0.6 is 0 Å². The lowest BCUT2D eigenvalue weighted by Gasteiger charge is -2.45. The zero-order valence-electron chi connectivity index (χ0n) is 11.0. The van der Waals surface area contributed by atoms with Gasteiger partial charge < -0.3 is 5.73 Å². The van der Waals surface area contributed by atoms with Crippen LogP contribution in [0.5, 0.6) is 0 Å². The molecule has 94 valence electrons. The summed E-state index contributed by atoms with van der Waals surface area (Å²) in [5.41, 5.74) is 6.35. The molecule has 2 aliphatic rings. The third kappa shape index (κ3) is 2.43. The van der Waals surface area contributed by atoms with E-state index in [0.29, 0.717) is 5.54 Å². The first kappa shape index (κ1) is 12.4. The second kappa shape index (κ2) is 5.05. The van der Waals surface area contributed by atoms with E-state index >= 15 is 0 Å². The molecule has 2 N–H and O–H groups in total. The highest BCUT2D eigenvalue weighted by atomic mass is 15.2. The van der Waals surface area contributed by atoms with E-state index in [9.17, 15) is 0 Å². The zero-order valence-corrected chi connectivity index (χ0v) is 11.0.